The lowest BCUT2D eigenvalue weighted by molar-refractivity contribution is -0.116. The third-order valence-electron chi connectivity index (χ3n) is 5.49. The van der Waals surface area contributed by atoms with Gasteiger partial charge in [0.25, 0.3) is 5.95 Å². The number of hydrogen-bond acceptors (Lipinski definition) is 6. The van der Waals surface area contributed by atoms with Crippen molar-refractivity contribution in [2.75, 3.05) is 12.4 Å². The van der Waals surface area contributed by atoms with Crippen LogP contribution in [-0.2, 0) is 4.79 Å². The number of nitrogens with one attached hydrogen (secondary N) is 1. The Morgan fingerprint density at radius 2 is 2.03 bits per heavy atom. The monoisotopic (exact) mass is 430 g/mol. The second-order valence-corrected chi connectivity index (χ2v) is 7.46. The molecule has 0 aliphatic carbocycles. The Bertz CT molecular complexity index is 1340. The number of hydrogen-bond donors (Lipinski definition) is 1. The number of fused-ring (bicyclic) bond motifs is 1. The molecule has 3 heterocycles. The number of halogens is 1. The quantitative estimate of drug-likeness (QED) is 0.531. The lowest BCUT2D eigenvalue weighted by atomic mass is 9.85. The van der Waals surface area contributed by atoms with E-state index in [0.717, 1.165) is 11.1 Å². The van der Waals surface area contributed by atoms with Gasteiger partial charge in [-0.2, -0.15) is 14.9 Å². The summed E-state index contributed by atoms with van der Waals surface area (Å²) in [5, 5.41) is 15.6. The number of methoxy groups -OCH3 is 1. The summed E-state index contributed by atoms with van der Waals surface area (Å²) >= 11 is 0. The van der Waals surface area contributed by atoms with E-state index in [9.17, 15) is 9.18 Å². The zero-order valence-corrected chi connectivity index (χ0v) is 17.4. The minimum atomic E-state index is -0.455. The molecule has 8 nitrogen and oxygen atoms in total. The normalized spacial score (nSPS) is 15.2. The lowest BCUT2D eigenvalue weighted by Crippen LogP contribution is -2.25. The molecular formula is C23H19FN6O2. The van der Waals surface area contributed by atoms with Crippen LogP contribution in [-0.4, -0.2) is 38.0 Å². The molecule has 9 heteroatoms. The smallest absolute Gasteiger partial charge is 0.272 e. The van der Waals surface area contributed by atoms with Gasteiger partial charge in [0.1, 0.15) is 17.4 Å². The molecule has 32 heavy (non-hydrogen) atoms. The Morgan fingerprint density at radius 3 is 2.84 bits per heavy atom. The number of aryl methyl sites for hydroxylation is 1. The maximum Gasteiger partial charge on any atom is 0.272 e. The van der Waals surface area contributed by atoms with Crippen LogP contribution in [0.2, 0.25) is 0 Å². The van der Waals surface area contributed by atoms with E-state index in [1.807, 2.05) is 31.2 Å². The first-order valence-corrected chi connectivity index (χ1v) is 10.0. The van der Waals surface area contributed by atoms with Crippen molar-refractivity contribution >= 4 is 11.7 Å². The molecule has 0 fully saturated rings. The summed E-state index contributed by atoms with van der Waals surface area (Å²) in [7, 11) is 1.59. The number of carbonyl (C=O) groups excluding carboxylic acids is 1. The summed E-state index contributed by atoms with van der Waals surface area (Å²) in [6.07, 6.45) is 1.67. The summed E-state index contributed by atoms with van der Waals surface area (Å²) in [5.74, 6) is 0.269. The molecule has 1 N–H and O–H groups in total. The number of anilines is 1. The van der Waals surface area contributed by atoms with Crippen molar-refractivity contribution in [3.8, 4) is 23.0 Å². The standard InChI is InChI=1S/C23H19FN6O2/c1-13-21-17(16-8-3-4-9-18(16)24)11-20(31)27-22(21)30(29-13)23-26-19(12-25-28-23)14-6-5-7-15(10-14)32-2/h3-10,12,17H,11H2,1-2H3,(H,27,31)/t17-/m1/s1. The van der Waals surface area contributed by atoms with Crippen LogP contribution in [0.5, 0.6) is 5.75 Å². The van der Waals surface area contributed by atoms with Gasteiger partial charge in [-0.05, 0) is 30.7 Å². The van der Waals surface area contributed by atoms with E-state index in [2.05, 4.69) is 25.6 Å². The largest absolute Gasteiger partial charge is 0.497 e. The lowest BCUT2D eigenvalue weighted by Gasteiger charge is -2.24. The number of rotatable bonds is 4. The molecule has 0 saturated heterocycles. The zero-order chi connectivity index (χ0) is 22.2. The van der Waals surface area contributed by atoms with Gasteiger partial charge in [-0.25, -0.2) is 9.37 Å². The van der Waals surface area contributed by atoms with Crippen molar-refractivity contribution in [3.63, 3.8) is 0 Å². The molecule has 0 bridgehead atoms. The summed E-state index contributed by atoms with van der Waals surface area (Å²) in [4.78, 5) is 17.1. The molecular weight excluding hydrogens is 411 g/mol. The number of benzene rings is 2. The molecule has 2 aromatic carbocycles. The highest BCUT2D eigenvalue weighted by Gasteiger charge is 2.34. The van der Waals surface area contributed by atoms with Crippen LogP contribution in [0.1, 0.15) is 29.2 Å². The van der Waals surface area contributed by atoms with E-state index in [4.69, 9.17) is 4.74 Å². The van der Waals surface area contributed by atoms with Gasteiger partial charge in [-0.1, -0.05) is 30.3 Å². The van der Waals surface area contributed by atoms with Crippen molar-refractivity contribution in [2.45, 2.75) is 19.3 Å². The van der Waals surface area contributed by atoms with E-state index in [1.165, 1.54) is 10.7 Å². The molecule has 4 aromatic rings. The third kappa shape index (κ3) is 3.37. The Hall–Kier alpha value is -4.14. The highest BCUT2D eigenvalue weighted by molar-refractivity contribution is 5.95. The van der Waals surface area contributed by atoms with Crippen molar-refractivity contribution in [1.82, 2.24) is 25.0 Å². The van der Waals surface area contributed by atoms with E-state index < -0.39 is 5.92 Å². The van der Waals surface area contributed by atoms with Gasteiger partial charge in [0.2, 0.25) is 5.91 Å². The summed E-state index contributed by atoms with van der Waals surface area (Å²) in [5.41, 5.74) is 3.22. The van der Waals surface area contributed by atoms with Crippen LogP contribution in [0.15, 0.2) is 54.7 Å². The van der Waals surface area contributed by atoms with Crippen molar-refractivity contribution in [3.05, 3.63) is 77.4 Å². The van der Waals surface area contributed by atoms with Crippen LogP contribution >= 0.6 is 0 Å². The average Bonchev–Trinajstić information content (AvgIpc) is 3.15. The minimum absolute atomic E-state index is 0.128. The van der Waals surface area contributed by atoms with Gasteiger partial charge in [0, 0.05) is 23.5 Å². The fourth-order valence-corrected chi connectivity index (χ4v) is 4.02. The molecule has 160 valence electrons. The van der Waals surface area contributed by atoms with Crippen LogP contribution in [0.25, 0.3) is 17.2 Å². The first kappa shape index (κ1) is 19.8. The van der Waals surface area contributed by atoms with Crippen LogP contribution in [0.3, 0.4) is 0 Å². The molecule has 5 rings (SSSR count). The topological polar surface area (TPSA) is 94.8 Å². The van der Waals surface area contributed by atoms with Crippen LogP contribution < -0.4 is 10.1 Å². The van der Waals surface area contributed by atoms with Crippen molar-refractivity contribution < 1.29 is 13.9 Å². The maximum absolute atomic E-state index is 14.6. The molecule has 0 saturated carbocycles. The molecule has 1 aliphatic rings. The Kier molecular flexibility index (Phi) is 4.85. The van der Waals surface area contributed by atoms with Crippen molar-refractivity contribution in [2.24, 2.45) is 0 Å². The maximum atomic E-state index is 14.6. The second-order valence-electron chi connectivity index (χ2n) is 7.46. The zero-order valence-electron chi connectivity index (χ0n) is 17.4. The van der Waals surface area contributed by atoms with Gasteiger partial charge >= 0.3 is 0 Å². The number of nitrogens with zero attached hydrogens (tertiary/aromatic N) is 5. The number of carbonyl (C=O) groups is 1. The number of amides is 1. The first-order valence-electron chi connectivity index (χ1n) is 10.0. The third-order valence-corrected chi connectivity index (χ3v) is 5.49. The Labute approximate surface area is 183 Å². The highest BCUT2D eigenvalue weighted by Crippen LogP contribution is 2.40. The summed E-state index contributed by atoms with van der Waals surface area (Å²) in [6.45, 7) is 1.82. The highest BCUT2D eigenvalue weighted by atomic mass is 19.1. The van der Waals surface area contributed by atoms with E-state index in [0.29, 0.717) is 28.5 Å². The second kappa shape index (κ2) is 7.84. The van der Waals surface area contributed by atoms with Gasteiger partial charge in [-0.15, -0.1) is 5.10 Å². The van der Waals surface area contributed by atoms with Crippen molar-refractivity contribution in [1.29, 1.82) is 0 Å². The SMILES string of the molecule is COc1cccc(-c2cnnc(-n3nc(C)c4c3NC(=O)C[C@@H]4c3ccccc3F)n2)c1. The van der Waals surface area contributed by atoms with Crippen LogP contribution in [0, 0.1) is 12.7 Å². The van der Waals surface area contributed by atoms with E-state index in [1.54, 1.807) is 31.5 Å². The van der Waals surface area contributed by atoms with E-state index in [-0.39, 0.29) is 24.1 Å². The molecule has 0 spiro atoms. The minimum Gasteiger partial charge on any atom is -0.497 e. The molecule has 0 radical (unpaired) electrons. The predicted molar refractivity (Wildman–Crippen MR) is 115 cm³/mol. The fraction of sp³-hybridized carbons (Fsp3) is 0.174. The van der Waals surface area contributed by atoms with Gasteiger partial charge in [-0.3, -0.25) is 4.79 Å². The van der Waals surface area contributed by atoms with Gasteiger partial charge in [0.15, 0.2) is 0 Å². The summed E-state index contributed by atoms with van der Waals surface area (Å²) in [6, 6.07) is 13.9. The first-order chi connectivity index (χ1) is 15.5. The van der Waals surface area contributed by atoms with Gasteiger partial charge < -0.3 is 10.1 Å². The molecule has 0 unspecified atom stereocenters. The molecule has 2 aromatic heterocycles. The summed E-state index contributed by atoms with van der Waals surface area (Å²) < 4.78 is 21.3. The molecule has 1 amide bonds. The molecule has 1 aliphatic heterocycles. The van der Waals surface area contributed by atoms with Gasteiger partial charge in [0.05, 0.1) is 24.7 Å². The average molecular weight is 430 g/mol. The Balaban J connectivity index is 1.62. The Morgan fingerprint density at radius 1 is 1.19 bits per heavy atom. The number of ether oxygens (including phenoxy) is 1. The number of aromatic nitrogens is 5. The predicted octanol–water partition coefficient (Wildman–Crippen LogP) is 3.65. The van der Waals surface area contributed by atoms with E-state index >= 15 is 0 Å². The van der Waals surface area contributed by atoms with Crippen LogP contribution in [0.4, 0.5) is 10.2 Å². The molecule has 1 atom stereocenters. The fourth-order valence-electron chi connectivity index (χ4n) is 4.02.